The first-order chi connectivity index (χ1) is 12.6. The Bertz CT molecular complexity index is 815. The van der Waals surface area contributed by atoms with E-state index in [-0.39, 0.29) is 12.5 Å². The van der Waals surface area contributed by atoms with Crippen LogP contribution in [0, 0.1) is 6.92 Å². The van der Waals surface area contributed by atoms with Crippen molar-refractivity contribution in [3.8, 4) is 5.75 Å². The van der Waals surface area contributed by atoms with E-state index in [1.807, 2.05) is 37.3 Å². The van der Waals surface area contributed by atoms with Crippen molar-refractivity contribution in [3.05, 3.63) is 77.9 Å². The van der Waals surface area contributed by atoms with Crippen molar-refractivity contribution in [3.63, 3.8) is 0 Å². The van der Waals surface area contributed by atoms with Crippen LogP contribution in [-0.2, 0) is 4.79 Å². The van der Waals surface area contributed by atoms with E-state index < -0.39 is 5.91 Å². The number of nitrogens with zero attached hydrogens (tertiary/aromatic N) is 1. The summed E-state index contributed by atoms with van der Waals surface area (Å²) in [5.41, 5.74) is 4.54. The monoisotopic (exact) mass is 351 g/mol. The maximum absolute atomic E-state index is 12.0. The minimum Gasteiger partial charge on any atom is -0.490 e. The summed E-state index contributed by atoms with van der Waals surface area (Å²) in [5, 5.41) is 6.45. The van der Waals surface area contributed by atoms with E-state index in [4.69, 9.17) is 4.74 Å². The first-order valence-electron chi connectivity index (χ1n) is 8.09. The fourth-order valence-electron chi connectivity index (χ4n) is 2.14. The van der Waals surface area contributed by atoms with E-state index in [2.05, 4.69) is 22.4 Å². The molecule has 0 aliphatic heterocycles. The van der Waals surface area contributed by atoms with Crippen molar-refractivity contribution < 1.29 is 14.3 Å². The lowest BCUT2D eigenvalue weighted by Gasteiger charge is -2.06. The highest BCUT2D eigenvalue weighted by Gasteiger charge is 2.09. The smallest absolute Gasteiger partial charge is 0.259 e. The molecule has 0 radical (unpaired) electrons. The average Bonchev–Trinajstić information content (AvgIpc) is 2.65. The molecule has 2 amide bonds. The van der Waals surface area contributed by atoms with Crippen LogP contribution in [0.5, 0.6) is 5.75 Å². The number of amides is 2. The van der Waals surface area contributed by atoms with Crippen LogP contribution in [-0.4, -0.2) is 31.2 Å². The number of hydrogen-bond donors (Lipinski definition) is 2. The molecule has 0 aromatic heterocycles. The molecule has 2 aromatic carbocycles. The highest BCUT2D eigenvalue weighted by atomic mass is 16.5. The van der Waals surface area contributed by atoms with Gasteiger partial charge in [-0.15, -0.1) is 0 Å². The number of ether oxygens (including phenoxy) is 1. The molecule has 0 saturated carbocycles. The molecule has 0 unspecified atom stereocenters. The van der Waals surface area contributed by atoms with Crippen LogP contribution in [0.2, 0.25) is 0 Å². The summed E-state index contributed by atoms with van der Waals surface area (Å²) in [4.78, 5) is 23.8. The van der Waals surface area contributed by atoms with Crippen molar-refractivity contribution in [2.24, 2.45) is 5.10 Å². The molecular formula is C20H21N3O3. The Morgan fingerprint density at radius 2 is 2.00 bits per heavy atom. The van der Waals surface area contributed by atoms with Crippen molar-refractivity contribution >= 4 is 18.0 Å². The number of benzene rings is 2. The van der Waals surface area contributed by atoms with Crippen molar-refractivity contribution in [2.45, 2.75) is 6.92 Å². The van der Waals surface area contributed by atoms with Gasteiger partial charge in [0.15, 0.2) is 0 Å². The Morgan fingerprint density at radius 3 is 2.77 bits per heavy atom. The van der Waals surface area contributed by atoms with E-state index >= 15 is 0 Å². The van der Waals surface area contributed by atoms with Crippen LogP contribution in [0.3, 0.4) is 0 Å². The van der Waals surface area contributed by atoms with Crippen molar-refractivity contribution in [1.29, 1.82) is 0 Å². The van der Waals surface area contributed by atoms with E-state index in [1.165, 1.54) is 6.21 Å². The third-order valence-electron chi connectivity index (χ3n) is 3.43. The molecule has 26 heavy (non-hydrogen) atoms. The molecule has 0 saturated heterocycles. The van der Waals surface area contributed by atoms with Gasteiger partial charge in [-0.3, -0.25) is 9.59 Å². The highest BCUT2D eigenvalue weighted by molar-refractivity contribution is 5.97. The van der Waals surface area contributed by atoms with Crippen LogP contribution < -0.4 is 15.5 Å². The number of carbonyl (C=O) groups excluding carboxylic acids is 2. The summed E-state index contributed by atoms with van der Waals surface area (Å²) in [6.07, 6.45) is 3.16. The lowest BCUT2D eigenvalue weighted by atomic mass is 10.1. The maximum atomic E-state index is 12.0. The first kappa shape index (κ1) is 18.9. The Hall–Kier alpha value is -3.41. The van der Waals surface area contributed by atoms with E-state index in [1.54, 1.807) is 24.3 Å². The van der Waals surface area contributed by atoms with Crippen LogP contribution in [0.1, 0.15) is 21.5 Å². The Kier molecular flexibility index (Phi) is 7.12. The Labute approximate surface area is 152 Å². The zero-order valence-electron chi connectivity index (χ0n) is 14.6. The van der Waals surface area contributed by atoms with Gasteiger partial charge in [-0.1, -0.05) is 43.0 Å². The van der Waals surface area contributed by atoms with Crippen LogP contribution in [0.25, 0.3) is 0 Å². The van der Waals surface area contributed by atoms with Gasteiger partial charge in [0.2, 0.25) is 0 Å². The topological polar surface area (TPSA) is 79.8 Å². The van der Waals surface area contributed by atoms with Gasteiger partial charge in [0, 0.05) is 5.56 Å². The molecule has 6 nitrogen and oxygen atoms in total. The summed E-state index contributed by atoms with van der Waals surface area (Å²) >= 11 is 0. The zero-order valence-corrected chi connectivity index (χ0v) is 14.6. The summed E-state index contributed by atoms with van der Waals surface area (Å²) < 4.78 is 5.43. The Balaban J connectivity index is 1.81. The molecule has 0 aliphatic rings. The largest absolute Gasteiger partial charge is 0.490 e. The summed E-state index contributed by atoms with van der Waals surface area (Å²) in [7, 11) is 0. The van der Waals surface area contributed by atoms with Crippen LogP contribution in [0.4, 0.5) is 0 Å². The lowest BCUT2D eigenvalue weighted by Crippen LogP contribution is -2.35. The molecule has 0 fully saturated rings. The molecule has 0 atom stereocenters. The number of rotatable bonds is 8. The molecular weight excluding hydrogens is 330 g/mol. The Morgan fingerprint density at radius 1 is 1.19 bits per heavy atom. The molecule has 2 N–H and O–H groups in total. The van der Waals surface area contributed by atoms with Gasteiger partial charge in [-0.25, -0.2) is 5.43 Å². The highest BCUT2D eigenvalue weighted by Crippen LogP contribution is 2.11. The fraction of sp³-hybridized carbons (Fsp3) is 0.150. The maximum Gasteiger partial charge on any atom is 0.259 e. The third kappa shape index (κ3) is 5.90. The summed E-state index contributed by atoms with van der Waals surface area (Å²) in [6, 6.07) is 14.4. The van der Waals surface area contributed by atoms with Gasteiger partial charge in [-0.05, 0) is 36.2 Å². The second-order valence-electron chi connectivity index (χ2n) is 5.46. The van der Waals surface area contributed by atoms with Crippen molar-refractivity contribution in [2.75, 3.05) is 13.2 Å². The second kappa shape index (κ2) is 9.78. The van der Waals surface area contributed by atoms with Gasteiger partial charge in [0.05, 0.1) is 12.8 Å². The van der Waals surface area contributed by atoms with Gasteiger partial charge in [0.1, 0.15) is 12.4 Å². The number of carbonyl (C=O) groups is 2. The molecule has 0 spiro atoms. The molecule has 2 aromatic rings. The minimum atomic E-state index is -0.415. The minimum absolute atomic E-state index is 0.160. The molecule has 134 valence electrons. The van der Waals surface area contributed by atoms with E-state index in [0.717, 1.165) is 11.1 Å². The number of hydrazone groups is 1. The predicted molar refractivity (Wildman–Crippen MR) is 101 cm³/mol. The first-order valence-corrected chi connectivity index (χ1v) is 8.09. The molecule has 0 heterocycles. The molecule has 2 rings (SSSR count). The van der Waals surface area contributed by atoms with E-state index in [0.29, 0.717) is 17.9 Å². The standard InChI is InChI=1S/C20H21N3O3/c1-3-11-26-17-9-6-8-16(12-17)13-22-23-19(24)14-21-20(25)18-10-5-4-7-15(18)2/h3-10,12-13H,1,11,14H2,2H3,(H,21,25)(H,23,24)/b22-13+. The third-order valence-corrected chi connectivity index (χ3v) is 3.43. The zero-order chi connectivity index (χ0) is 18.8. The molecule has 0 aliphatic carbocycles. The number of hydrogen-bond acceptors (Lipinski definition) is 4. The lowest BCUT2D eigenvalue weighted by molar-refractivity contribution is -0.120. The average molecular weight is 351 g/mol. The second-order valence-corrected chi connectivity index (χ2v) is 5.46. The van der Waals surface area contributed by atoms with Crippen molar-refractivity contribution in [1.82, 2.24) is 10.7 Å². The summed E-state index contributed by atoms with van der Waals surface area (Å²) in [5.74, 6) is -0.0257. The van der Waals surface area contributed by atoms with Gasteiger partial charge >= 0.3 is 0 Å². The number of aryl methyl sites for hydroxylation is 1. The fourth-order valence-corrected chi connectivity index (χ4v) is 2.14. The molecule has 6 heteroatoms. The van der Waals surface area contributed by atoms with Gasteiger partial charge in [-0.2, -0.15) is 5.10 Å². The SMILES string of the molecule is C=CCOc1cccc(/C=N/NC(=O)CNC(=O)c2ccccc2C)c1. The van der Waals surface area contributed by atoms with Gasteiger partial charge in [0.25, 0.3) is 11.8 Å². The van der Waals surface area contributed by atoms with Crippen LogP contribution >= 0.6 is 0 Å². The van der Waals surface area contributed by atoms with Gasteiger partial charge < -0.3 is 10.1 Å². The number of nitrogens with one attached hydrogen (secondary N) is 2. The summed E-state index contributed by atoms with van der Waals surface area (Å²) in [6.45, 7) is 5.69. The normalized spacial score (nSPS) is 10.3. The predicted octanol–water partition coefficient (Wildman–Crippen LogP) is 2.44. The van der Waals surface area contributed by atoms with Crippen LogP contribution in [0.15, 0.2) is 66.3 Å². The van der Waals surface area contributed by atoms with E-state index in [9.17, 15) is 9.59 Å². The quantitative estimate of drug-likeness (QED) is 0.435. The molecule has 0 bridgehead atoms.